The number of methoxy groups -OCH3 is 1. The molecule has 2 aromatic carbocycles. The molecule has 1 fully saturated rings. The molecule has 33 heavy (non-hydrogen) atoms. The molecule has 2 aromatic rings. The molecule has 172 valence electrons. The van der Waals surface area contributed by atoms with Crippen LogP contribution in [-0.4, -0.2) is 30.0 Å². The number of anilines is 1. The van der Waals surface area contributed by atoms with Crippen LogP contribution in [-0.2, 0) is 16.1 Å². The van der Waals surface area contributed by atoms with E-state index in [0.29, 0.717) is 42.1 Å². The topological polar surface area (TPSA) is 129 Å². The Kier molecular flexibility index (Phi) is 7.91. The van der Waals surface area contributed by atoms with E-state index in [1.807, 2.05) is 6.07 Å². The lowest BCUT2D eigenvalue weighted by atomic mass is 9.81. The van der Waals surface area contributed by atoms with Crippen molar-refractivity contribution in [2.24, 2.45) is 11.8 Å². The van der Waals surface area contributed by atoms with Gasteiger partial charge in [0.05, 0.1) is 40.9 Å². The predicted molar refractivity (Wildman–Crippen MR) is 122 cm³/mol. The molecule has 0 spiro atoms. The SMILES string of the molecule is COc1ccc(CNC(=O)c2cc(C#N)ccc2NC(=O)[C@H]2CC[C@H](C(=O)O)CC2)cc1Cl. The molecule has 8 nitrogen and oxygen atoms in total. The molecule has 0 radical (unpaired) electrons. The van der Waals surface area contributed by atoms with Crippen LogP contribution in [0.4, 0.5) is 5.69 Å². The zero-order chi connectivity index (χ0) is 24.0. The molecule has 3 N–H and O–H groups in total. The van der Waals surface area contributed by atoms with Crippen LogP contribution in [0.2, 0.25) is 5.02 Å². The van der Waals surface area contributed by atoms with E-state index >= 15 is 0 Å². The van der Waals surface area contributed by atoms with E-state index in [1.54, 1.807) is 18.2 Å². The van der Waals surface area contributed by atoms with Crippen molar-refractivity contribution in [2.75, 3.05) is 12.4 Å². The number of carboxylic acid groups (broad SMARTS) is 1. The standard InChI is InChI=1S/C24H24ClN3O5/c1-33-21-9-3-15(11-19(21)25)13-27-23(30)18-10-14(12-26)2-8-20(18)28-22(29)16-4-6-17(7-5-16)24(31)32/h2-3,8-11,16-17H,4-7,13H2,1H3,(H,27,30)(H,28,29)(H,31,32)/t16-,17-. The summed E-state index contributed by atoms with van der Waals surface area (Å²) in [7, 11) is 1.51. The second kappa shape index (κ2) is 10.8. The zero-order valence-electron chi connectivity index (χ0n) is 18.1. The van der Waals surface area contributed by atoms with Crippen molar-refractivity contribution in [1.82, 2.24) is 5.32 Å². The molecule has 3 rings (SSSR count). The van der Waals surface area contributed by atoms with Crippen molar-refractivity contribution in [3.63, 3.8) is 0 Å². The molecule has 0 unspecified atom stereocenters. The van der Waals surface area contributed by atoms with Gasteiger partial charge in [-0.25, -0.2) is 0 Å². The highest BCUT2D eigenvalue weighted by atomic mass is 35.5. The summed E-state index contributed by atoms with van der Waals surface area (Å²) in [6, 6.07) is 11.6. The van der Waals surface area contributed by atoms with E-state index in [-0.39, 0.29) is 29.5 Å². The van der Waals surface area contributed by atoms with E-state index in [2.05, 4.69) is 10.6 Å². The largest absolute Gasteiger partial charge is 0.495 e. The smallest absolute Gasteiger partial charge is 0.306 e. The normalized spacial score (nSPS) is 17.5. The van der Waals surface area contributed by atoms with Gasteiger partial charge < -0.3 is 20.5 Å². The van der Waals surface area contributed by atoms with Gasteiger partial charge in [0.25, 0.3) is 5.91 Å². The molecule has 9 heteroatoms. The van der Waals surface area contributed by atoms with Crippen LogP contribution in [0.15, 0.2) is 36.4 Å². The van der Waals surface area contributed by atoms with Gasteiger partial charge in [0, 0.05) is 12.5 Å². The number of hydrogen-bond donors (Lipinski definition) is 3. The number of nitrogens with one attached hydrogen (secondary N) is 2. The van der Waals surface area contributed by atoms with Crippen LogP contribution in [0.3, 0.4) is 0 Å². The summed E-state index contributed by atoms with van der Waals surface area (Å²) in [5.74, 6) is -1.78. The number of carbonyl (C=O) groups is 3. The number of rotatable bonds is 7. The first kappa shape index (κ1) is 24.1. The Morgan fingerprint density at radius 3 is 2.42 bits per heavy atom. The van der Waals surface area contributed by atoms with Gasteiger partial charge in [-0.3, -0.25) is 14.4 Å². The summed E-state index contributed by atoms with van der Waals surface area (Å²) in [6.07, 6.45) is 1.83. The summed E-state index contributed by atoms with van der Waals surface area (Å²) < 4.78 is 5.12. The second-order valence-corrected chi connectivity index (χ2v) is 8.31. The van der Waals surface area contributed by atoms with Crippen molar-refractivity contribution in [2.45, 2.75) is 32.2 Å². The number of nitriles is 1. The molecule has 0 aliphatic heterocycles. The van der Waals surface area contributed by atoms with Crippen molar-refractivity contribution < 1.29 is 24.2 Å². The third kappa shape index (κ3) is 6.02. The maximum Gasteiger partial charge on any atom is 0.306 e. The lowest BCUT2D eigenvalue weighted by Crippen LogP contribution is -2.31. The Hall–Kier alpha value is -3.57. The van der Waals surface area contributed by atoms with E-state index in [1.165, 1.54) is 25.3 Å². The third-order valence-corrected chi connectivity index (χ3v) is 6.06. The van der Waals surface area contributed by atoms with Crippen molar-refractivity contribution >= 4 is 35.1 Å². The maximum atomic E-state index is 12.9. The first-order valence-corrected chi connectivity index (χ1v) is 10.9. The fourth-order valence-electron chi connectivity index (χ4n) is 3.85. The fourth-order valence-corrected chi connectivity index (χ4v) is 4.13. The van der Waals surface area contributed by atoms with Gasteiger partial charge in [-0.1, -0.05) is 17.7 Å². The highest BCUT2D eigenvalue weighted by molar-refractivity contribution is 6.32. The first-order chi connectivity index (χ1) is 15.8. The van der Waals surface area contributed by atoms with Crippen molar-refractivity contribution in [3.05, 3.63) is 58.1 Å². The van der Waals surface area contributed by atoms with Crippen molar-refractivity contribution in [1.29, 1.82) is 5.26 Å². The molecular weight excluding hydrogens is 446 g/mol. The summed E-state index contributed by atoms with van der Waals surface area (Å²) in [5, 5.41) is 24.3. The van der Waals surface area contributed by atoms with Crippen LogP contribution in [0, 0.1) is 23.2 Å². The van der Waals surface area contributed by atoms with Crippen molar-refractivity contribution in [3.8, 4) is 11.8 Å². The Labute approximate surface area is 196 Å². The quantitative estimate of drug-likeness (QED) is 0.562. The van der Waals surface area contributed by atoms with Crippen LogP contribution in [0.25, 0.3) is 0 Å². The average molecular weight is 470 g/mol. The summed E-state index contributed by atoms with van der Waals surface area (Å²) in [5.41, 5.74) is 1.50. The molecular formula is C24H24ClN3O5. The summed E-state index contributed by atoms with van der Waals surface area (Å²) in [4.78, 5) is 36.8. The number of aliphatic carboxylic acids is 1. The molecule has 0 atom stereocenters. The van der Waals surface area contributed by atoms with Crippen LogP contribution >= 0.6 is 11.6 Å². The number of nitrogens with zero attached hydrogens (tertiary/aromatic N) is 1. The van der Waals surface area contributed by atoms with Gasteiger partial charge in [0.1, 0.15) is 5.75 Å². The average Bonchev–Trinajstić information content (AvgIpc) is 2.82. The van der Waals surface area contributed by atoms with Crippen LogP contribution in [0.1, 0.15) is 47.2 Å². The molecule has 0 aromatic heterocycles. The molecule has 1 saturated carbocycles. The number of amides is 2. The van der Waals surface area contributed by atoms with Crippen LogP contribution < -0.4 is 15.4 Å². The minimum absolute atomic E-state index is 0.168. The lowest BCUT2D eigenvalue weighted by molar-refractivity contribution is -0.143. The predicted octanol–water partition coefficient (Wildman–Crippen LogP) is 3.98. The van der Waals surface area contributed by atoms with Gasteiger partial charge >= 0.3 is 5.97 Å². The molecule has 0 heterocycles. The van der Waals surface area contributed by atoms with E-state index < -0.39 is 17.8 Å². The molecule has 0 saturated heterocycles. The summed E-state index contributed by atoms with van der Waals surface area (Å²) in [6.45, 7) is 0.186. The minimum atomic E-state index is -0.835. The second-order valence-electron chi connectivity index (χ2n) is 7.90. The minimum Gasteiger partial charge on any atom is -0.495 e. The first-order valence-electron chi connectivity index (χ1n) is 10.5. The maximum absolute atomic E-state index is 12.9. The zero-order valence-corrected chi connectivity index (χ0v) is 18.8. The number of hydrogen-bond acceptors (Lipinski definition) is 5. The number of benzene rings is 2. The molecule has 1 aliphatic carbocycles. The van der Waals surface area contributed by atoms with E-state index in [4.69, 9.17) is 21.4 Å². The van der Waals surface area contributed by atoms with E-state index in [0.717, 1.165) is 5.56 Å². The Morgan fingerprint density at radius 2 is 1.82 bits per heavy atom. The number of halogens is 1. The number of carbonyl (C=O) groups excluding carboxylic acids is 2. The lowest BCUT2D eigenvalue weighted by Gasteiger charge is -2.25. The van der Waals surface area contributed by atoms with Gasteiger partial charge in [0.15, 0.2) is 0 Å². The van der Waals surface area contributed by atoms with Crippen LogP contribution in [0.5, 0.6) is 5.75 Å². The van der Waals surface area contributed by atoms with Gasteiger partial charge in [-0.05, 0) is 61.6 Å². The van der Waals surface area contributed by atoms with Gasteiger partial charge in [-0.15, -0.1) is 0 Å². The van der Waals surface area contributed by atoms with Gasteiger partial charge in [0.2, 0.25) is 5.91 Å². The Bertz CT molecular complexity index is 1100. The monoisotopic (exact) mass is 469 g/mol. The molecule has 1 aliphatic rings. The highest BCUT2D eigenvalue weighted by Crippen LogP contribution is 2.30. The fraction of sp³-hybridized carbons (Fsp3) is 0.333. The molecule has 0 bridgehead atoms. The summed E-state index contributed by atoms with van der Waals surface area (Å²) >= 11 is 6.13. The highest BCUT2D eigenvalue weighted by Gasteiger charge is 2.30. The van der Waals surface area contributed by atoms with Gasteiger partial charge in [-0.2, -0.15) is 5.26 Å². The third-order valence-electron chi connectivity index (χ3n) is 5.77. The number of carboxylic acids is 1. The number of ether oxygens (including phenoxy) is 1. The molecule has 2 amide bonds. The van der Waals surface area contributed by atoms with E-state index in [9.17, 15) is 19.6 Å². The Balaban J connectivity index is 1.70. The Morgan fingerprint density at radius 1 is 1.12 bits per heavy atom.